The van der Waals surface area contributed by atoms with Crippen LogP contribution in [-0.4, -0.2) is 79.6 Å². The van der Waals surface area contributed by atoms with E-state index in [2.05, 4.69) is 20.5 Å². The van der Waals surface area contributed by atoms with Crippen LogP contribution >= 0.6 is 0 Å². The van der Waals surface area contributed by atoms with Crippen LogP contribution < -0.4 is 16.4 Å². The number of nitrogens with zero attached hydrogens (tertiary/aromatic N) is 3. The standard InChI is InChI=1S/C7H15N3O.C7H13N3.H2O/c8-3-1-5-10-6-2-4-9-7(10)11;1-3-8-7-9-4-2-6-10(7)5-1;/h1-6,8H2,(H,9,11);1-6H2,(H,8,9);1H2. The molecule has 0 spiro atoms. The topological polar surface area (TPSA) is 117 Å². The summed E-state index contributed by atoms with van der Waals surface area (Å²) in [6, 6.07) is 0.0599. The molecule has 6 N–H and O–H groups in total. The van der Waals surface area contributed by atoms with Gasteiger partial charge in [-0.1, -0.05) is 0 Å². The van der Waals surface area contributed by atoms with Crippen molar-refractivity contribution in [3.05, 3.63) is 0 Å². The maximum absolute atomic E-state index is 11.1. The monoisotopic (exact) mass is 314 g/mol. The number of nitrogens with two attached hydrogens (primary N) is 1. The maximum atomic E-state index is 11.1. The Balaban J connectivity index is 0.000000211. The third-order valence-electron chi connectivity index (χ3n) is 3.84. The predicted octanol–water partition coefficient (Wildman–Crippen LogP) is -1.03. The van der Waals surface area contributed by atoms with E-state index in [9.17, 15) is 4.79 Å². The summed E-state index contributed by atoms with van der Waals surface area (Å²) in [6.45, 7) is 7.67. The van der Waals surface area contributed by atoms with Gasteiger partial charge in [0.05, 0.1) is 0 Å². The minimum atomic E-state index is 0. The van der Waals surface area contributed by atoms with Crippen LogP contribution in [0.1, 0.15) is 25.7 Å². The zero-order valence-corrected chi connectivity index (χ0v) is 13.3. The number of carbonyl (C=O) groups is 1. The van der Waals surface area contributed by atoms with Gasteiger partial charge in [0.1, 0.15) is 0 Å². The normalized spacial score (nSPS) is 20.4. The smallest absolute Gasteiger partial charge is 0.317 e. The third kappa shape index (κ3) is 5.69. The maximum Gasteiger partial charge on any atom is 0.317 e. The van der Waals surface area contributed by atoms with Crippen molar-refractivity contribution in [2.45, 2.75) is 25.7 Å². The number of urea groups is 1. The Morgan fingerprint density at radius 3 is 2.55 bits per heavy atom. The van der Waals surface area contributed by atoms with Crippen molar-refractivity contribution in [3.63, 3.8) is 0 Å². The van der Waals surface area contributed by atoms with E-state index < -0.39 is 0 Å². The van der Waals surface area contributed by atoms with Crippen LogP contribution in [0.2, 0.25) is 0 Å². The van der Waals surface area contributed by atoms with Gasteiger partial charge < -0.3 is 31.6 Å². The summed E-state index contributed by atoms with van der Waals surface area (Å²) in [6.07, 6.45) is 4.44. The Hall–Kier alpha value is -1.54. The third-order valence-corrected chi connectivity index (χ3v) is 3.84. The molecule has 3 rings (SSSR count). The van der Waals surface area contributed by atoms with Crippen molar-refractivity contribution in [2.24, 2.45) is 10.7 Å². The lowest BCUT2D eigenvalue weighted by molar-refractivity contribution is 0.186. The Kier molecular flexibility index (Phi) is 8.61. The molecule has 0 aliphatic carbocycles. The van der Waals surface area contributed by atoms with Crippen LogP contribution in [0, 0.1) is 0 Å². The van der Waals surface area contributed by atoms with Crippen LogP contribution in [0.15, 0.2) is 4.99 Å². The van der Waals surface area contributed by atoms with E-state index in [1.807, 2.05) is 4.90 Å². The van der Waals surface area contributed by atoms with Gasteiger partial charge in [-0.3, -0.25) is 4.99 Å². The fourth-order valence-corrected chi connectivity index (χ4v) is 2.68. The van der Waals surface area contributed by atoms with Crippen molar-refractivity contribution in [3.8, 4) is 0 Å². The highest BCUT2D eigenvalue weighted by molar-refractivity contribution is 5.81. The van der Waals surface area contributed by atoms with E-state index in [1.54, 1.807) is 0 Å². The summed E-state index contributed by atoms with van der Waals surface area (Å²) < 4.78 is 0. The summed E-state index contributed by atoms with van der Waals surface area (Å²) in [5.74, 6) is 1.14. The van der Waals surface area contributed by atoms with E-state index in [4.69, 9.17) is 5.73 Å². The molecule has 8 nitrogen and oxygen atoms in total. The average Bonchev–Trinajstić information content (AvgIpc) is 2.55. The second-order valence-electron chi connectivity index (χ2n) is 5.54. The number of amides is 2. The summed E-state index contributed by atoms with van der Waals surface area (Å²) >= 11 is 0. The summed E-state index contributed by atoms with van der Waals surface area (Å²) in [4.78, 5) is 19.6. The number of aliphatic imine (C=N–C) groups is 1. The van der Waals surface area contributed by atoms with E-state index in [0.29, 0.717) is 6.54 Å². The lowest BCUT2D eigenvalue weighted by atomic mass is 10.2. The van der Waals surface area contributed by atoms with Gasteiger partial charge in [0.2, 0.25) is 0 Å². The highest BCUT2D eigenvalue weighted by atomic mass is 16.2. The second-order valence-corrected chi connectivity index (χ2v) is 5.54. The van der Waals surface area contributed by atoms with Crippen molar-refractivity contribution >= 4 is 12.0 Å². The van der Waals surface area contributed by atoms with E-state index in [0.717, 1.165) is 51.5 Å². The predicted molar refractivity (Wildman–Crippen MR) is 88.0 cm³/mol. The van der Waals surface area contributed by atoms with Crippen LogP contribution in [0.25, 0.3) is 0 Å². The molecule has 2 amide bonds. The Labute approximate surface area is 132 Å². The quantitative estimate of drug-likeness (QED) is 0.617. The van der Waals surface area contributed by atoms with E-state index in [-0.39, 0.29) is 11.5 Å². The van der Waals surface area contributed by atoms with E-state index in [1.165, 1.54) is 25.9 Å². The zero-order valence-electron chi connectivity index (χ0n) is 13.3. The molecular weight excluding hydrogens is 284 g/mol. The number of nitrogens with one attached hydrogen (secondary N) is 2. The highest BCUT2D eigenvalue weighted by Crippen LogP contribution is 2.05. The molecule has 22 heavy (non-hydrogen) atoms. The summed E-state index contributed by atoms with van der Waals surface area (Å²) in [5, 5.41) is 6.08. The largest absolute Gasteiger partial charge is 0.412 e. The Bertz CT molecular complexity index is 363. The molecule has 0 aromatic heterocycles. The molecule has 0 radical (unpaired) electrons. The highest BCUT2D eigenvalue weighted by Gasteiger charge is 2.17. The van der Waals surface area contributed by atoms with Crippen LogP contribution in [0.4, 0.5) is 4.79 Å². The molecule has 128 valence electrons. The molecule has 0 unspecified atom stereocenters. The molecule has 0 aromatic rings. The molecule has 3 aliphatic heterocycles. The minimum absolute atomic E-state index is 0. The molecule has 2 saturated heterocycles. The fraction of sp³-hybridized carbons (Fsp3) is 0.857. The minimum Gasteiger partial charge on any atom is -0.412 e. The molecule has 0 atom stereocenters. The number of carbonyl (C=O) groups excluding carboxylic acids is 1. The van der Waals surface area contributed by atoms with Gasteiger partial charge >= 0.3 is 6.03 Å². The van der Waals surface area contributed by atoms with Crippen molar-refractivity contribution in [1.82, 2.24) is 20.4 Å². The Morgan fingerprint density at radius 1 is 1.09 bits per heavy atom. The number of rotatable bonds is 3. The van der Waals surface area contributed by atoms with Crippen LogP contribution in [0.3, 0.4) is 0 Å². The molecule has 8 heteroatoms. The average molecular weight is 314 g/mol. The molecule has 0 saturated carbocycles. The van der Waals surface area contributed by atoms with Crippen molar-refractivity contribution in [1.29, 1.82) is 0 Å². The van der Waals surface area contributed by atoms with Gasteiger partial charge in [-0.2, -0.15) is 0 Å². The van der Waals surface area contributed by atoms with E-state index >= 15 is 0 Å². The van der Waals surface area contributed by atoms with Gasteiger partial charge in [-0.05, 0) is 32.2 Å². The first kappa shape index (κ1) is 18.5. The van der Waals surface area contributed by atoms with Crippen molar-refractivity contribution < 1.29 is 10.3 Å². The molecule has 0 bridgehead atoms. The lowest BCUT2D eigenvalue weighted by Gasteiger charge is -2.33. The van der Waals surface area contributed by atoms with Gasteiger partial charge in [0, 0.05) is 45.8 Å². The molecule has 3 heterocycles. The fourth-order valence-electron chi connectivity index (χ4n) is 2.68. The first-order valence-electron chi connectivity index (χ1n) is 8.07. The number of hydrogen-bond acceptors (Lipinski definition) is 5. The second kappa shape index (κ2) is 10.2. The van der Waals surface area contributed by atoms with Gasteiger partial charge in [0.15, 0.2) is 5.96 Å². The van der Waals surface area contributed by atoms with Gasteiger partial charge in [-0.15, -0.1) is 0 Å². The first-order chi connectivity index (χ1) is 10.3. The van der Waals surface area contributed by atoms with Crippen LogP contribution in [-0.2, 0) is 0 Å². The molecule has 2 fully saturated rings. The number of guanidine groups is 1. The van der Waals surface area contributed by atoms with Crippen LogP contribution in [0.5, 0.6) is 0 Å². The lowest BCUT2D eigenvalue weighted by Crippen LogP contribution is -2.49. The first-order valence-corrected chi connectivity index (χ1v) is 8.07. The zero-order chi connectivity index (χ0) is 14.9. The summed E-state index contributed by atoms with van der Waals surface area (Å²) in [7, 11) is 0. The molecular formula is C14H30N6O2. The SMILES string of the molecule is C1CN=C2NCCCN2C1.NCCCN1CCCNC1=O.O. The Morgan fingerprint density at radius 2 is 1.82 bits per heavy atom. The van der Waals surface area contributed by atoms with Gasteiger partial charge in [-0.25, -0.2) is 4.79 Å². The number of hydrogen-bond donors (Lipinski definition) is 3. The number of fused-ring (bicyclic) bond motifs is 1. The molecule has 0 aromatic carbocycles. The van der Waals surface area contributed by atoms with Crippen molar-refractivity contribution in [2.75, 3.05) is 52.4 Å². The molecule has 3 aliphatic rings. The summed E-state index contributed by atoms with van der Waals surface area (Å²) in [5.41, 5.74) is 5.33. The van der Waals surface area contributed by atoms with Gasteiger partial charge in [0.25, 0.3) is 0 Å².